The van der Waals surface area contributed by atoms with Gasteiger partial charge in [0.25, 0.3) is 0 Å². The molecule has 0 radical (unpaired) electrons. The number of esters is 4. The molecule has 0 fully saturated rings. The number of rotatable bonds is 13. The monoisotopic (exact) mass is 502 g/mol. The number of methoxy groups -OCH3 is 2. The smallest absolute Gasteiger partial charge is 0.352 e. The Morgan fingerprint density at radius 2 is 0.917 bits per heavy atom. The van der Waals surface area contributed by atoms with Crippen molar-refractivity contribution in [2.45, 2.75) is 38.3 Å². The highest BCUT2D eigenvalue weighted by molar-refractivity contribution is 5.90. The van der Waals surface area contributed by atoms with E-state index in [1.807, 2.05) is 0 Å². The highest BCUT2D eigenvalue weighted by Gasteiger charge is 2.44. The molecular formula is C26H30O10. The largest absolute Gasteiger partial charge is 0.463 e. The zero-order valence-electron chi connectivity index (χ0n) is 20.6. The van der Waals surface area contributed by atoms with Gasteiger partial charge in [-0.1, -0.05) is 60.7 Å². The average Bonchev–Trinajstić information content (AvgIpc) is 2.88. The third-order valence-corrected chi connectivity index (χ3v) is 4.90. The lowest BCUT2D eigenvalue weighted by Gasteiger charge is -2.26. The van der Waals surface area contributed by atoms with Crippen molar-refractivity contribution in [2.75, 3.05) is 27.4 Å². The lowest BCUT2D eigenvalue weighted by Crippen LogP contribution is -2.48. The molecule has 0 aliphatic carbocycles. The van der Waals surface area contributed by atoms with E-state index in [9.17, 15) is 19.2 Å². The molecule has 36 heavy (non-hydrogen) atoms. The zero-order chi connectivity index (χ0) is 26.5. The van der Waals surface area contributed by atoms with E-state index in [4.69, 9.17) is 28.4 Å². The van der Waals surface area contributed by atoms with Crippen molar-refractivity contribution >= 4 is 23.9 Å². The predicted octanol–water partition coefficient (Wildman–Crippen LogP) is 2.71. The van der Waals surface area contributed by atoms with Gasteiger partial charge in [0.05, 0.1) is 13.2 Å². The Morgan fingerprint density at radius 3 is 1.19 bits per heavy atom. The number of hydrogen-bond acceptors (Lipinski definition) is 10. The molecule has 0 unspecified atom stereocenters. The van der Waals surface area contributed by atoms with Crippen LogP contribution in [0.15, 0.2) is 60.7 Å². The van der Waals surface area contributed by atoms with Crippen LogP contribution in [-0.2, 0) is 47.6 Å². The fourth-order valence-corrected chi connectivity index (χ4v) is 3.28. The number of carbonyl (C=O) groups is 4. The van der Waals surface area contributed by atoms with Gasteiger partial charge in [-0.05, 0) is 25.0 Å². The molecule has 2 rings (SSSR count). The van der Waals surface area contributed by atoms with E-state index >= 15 is 0 Å². The molecule has 0 aromatic heterocycles. The first-order valence-corrected chi connectivity index (χ1v) is 11.3. The van der Waals surface area contributed by atoms with Crippen molar-refractivity contribution in [1.82, 2.24) is 0 Å². The van der Waals surface area contributed by atoms with E-state index in [1.165, 1.54) is 28.1 Å². The third-order valence-electron chi connectivity index (χ3n) is 4.90. The van der Waals surface area contributed by atoms with Gasteiger partial charge < -0.3 is 28.4 Å². The van der Waals surface area contributed by atoms with Gasteiger partial charge in [0.1, 0.15) is 0 Å². The minimum Gasteiger partial charge on any atom is -0.463 e. The lowest BCUT2D eigenvalue weighted by atomic mass is 10.1. The van der Waals surface area contributed by atoms with Crippen LogP contribution < -0.4 is 0 Å². The molecule has 4 atom stereocenters. The third kappa shape index (κ3) is 7.62. The molecule has 0 spiro atoms. The Bertz CT molecular complexity index is 911. The van der Waals surface area contributed by atoms with Gasteiger partial charge in [-0.2, -0.15) is 0 Å². The topological polar surface area (TPSA) is 124 Å². The van der Waals surface area contributed by atoms with Crippen LogP contribution in [0.5, 0.6) is 0 Å². The van der Waals surface area contributed by atoms with E-state index in [2.05, 4.69) is 0 Å². The fraction of sp³-hybridized carbons (Fsp3) is 0.385. The molecule has 0 aliphatic rings. The summed E-state index contributed by atoms with van der Waals surface area (Å²) in [5.74, 6) is -4.21. The molecule has 0 bridgehead atoms. The fourth-order valence-electron chi connectivity index (χ4n) is 3.28. The van der Waals surface area contributed by atoms with Gasteiger partial charge in [-0.15, -0.1) is 0 Å². The van der Waals surface area contributed by atoms with E-state index in [0.717, 1.165) is 0 Å². The molecular weight excluding hydrogens is 472 g/mol. The normalized spacial score (nSPS) is 14.0. The number of benzene rings is 2. The molecule has 0 amide bonds. The number of ether oxygens (including phenoxy) is 6. The van der Waals surface area contributed by atoms with E-state index in [1.54, 1.807) is 60.7 Å². The van der Waals surface area contributed by atoms with Crippen LogP contribution in [0.3, 0.4) is 0 Å². The Balaban J connectivity index is 2.38. The van der Waals surface area contributed by atoms with Crippen molar-refractivity contribution in [3.63, 3.8) is 0 Å². The average molecular weight is 503 g/mol. The van der Waals surface area contributed by atoms with Crippen LogP contribution in [0.1, 0.15) is 37.2 Å². The second-order valence-electron chi connectivity index (χ2n) is 7.27. The Labute approximate surface area is 209 Å². The predicted molar refractivity (Wildman–Crippen MR) is 125 cm³/mol. The van der Waals surface area contributed by atoms with Gasteiger partial charge in [-0.3, -0.25) is 0 Å². The summed E-state index contributed by atoms with van der Waals surface area (Å²) in [5, 5.41) is 0. The molecule has 10 heteroatoms. The molecule has 2 aromatic rings. The van der Waals surface area contributed by atoms with Crippen LogP contribution in [-0.4, -0.2) is 63.5 Å². The molecule has 0 N–H and O–H groups in total. The van der Waals surface area contributed by atoms with Crippen LogP contribution in [0.25, 0.3) is 0 Å². The Hall–Kier alpha value is -3.76. The standard InChI is InChI=1S/C26H30O10/c1-5-33-23(27)21(35-25(29)19(31-3)17-13-9-7-10-14-17)22(24(28)34-6-2)36-26(30)20(32-4)18-15-11-8-12-16-18/h7-16,19-22H,5-6H2,1-4H3/t19-,20-,21-,22-/m0/s1. The summed E-state index contributed by atoms with van der Waals surface area (Å²) in [6, 6.07) is 16.8. The highest BCUT2D eigenvalue weighted by Crippen LogP contribution is 2.23. The quantitative estimate of drug-likeness (QED) is 0.298. The molecule has 0 saturated heterocycles. The van der Waals surface area contributed by atoms with Crippen LogP contribution >= 0.6 is 0 Å². The Morgan fingerprint density at radius 1 is 0.583 bits per heavy atom. The molecule has 2 aromatic carbocycles. The SMILES string of the molecule is CCOC(=O)[C@@H](OC(=O)[C@@H](OC)c1ccccc1)[C@H](OC(=O)[C@@H](OC)c1ccccc1)C(=O)OCC. The summed E-state index contributed by atoms with van der Waals surface area (Å²) in [7, 11) is 2.56. The summed E-state index contributed by atoms with van der Waals surface area (Å²) in [6.07, 6.45) is -6.37. The van der Waals surface area contributed by atoms with E-state index in [0.29, 0.717) is 11.1 Å². The summed E-state index contributed by atoms with van der Waals surface area (Å²) >= 11 is 0. The first-order chi connectivity index (χ1) is 17.4. The summed E-state index contributed by atoms with van der Waals surface area (Å²) < 4.78 is 31.2. The highest BCUT2D eigenvalue weighted by atomic mass is 16.7. The zero-order valence-corrected chi connectivity index (χ0v) is 20.6. The van der Waals surface area contributed by atoms with Gasteiger partial charge in [-0.25, -0.2) is 19.2 Å². The minimum atomic E-state index is -1.96. The minimum absolute atomic E-state index is 0.0898. The molecule has 194 valence electrons. The summed E-state index contributed by atoms with van der Waals surface area (Å²) in [4.78, 5) is 51.6. The lowest BCUT2D eigenvalue weighted by molar-refractivity contribution is -0.198. The van der Waals surface area contributed by atoms with Crippen LogP contribution in [0, 0.1) is 0 Å². The maximum Gasteiger partial charge on any atom is 0.352 e. The maximum absolute atomic E-state index is 13.0. The summed E-state index contributed by atoms with van der Waals surface area (Å²) in [5.41, 5.74) is 0.890. The first-order valence-electron chi connectivity index (χ1n) is 11.3. The number of carbonyl (C=O) groups excluding carboxylic acids is 4. The van der Waals surface area contributed by atoms with Crippen molar-refractivity contribution in [2.24, 2.45) is 0 Å². The van der Waals surface area contributed by atoms with Gasteiger partial charge in [0.2, 0.25) is 12.2 Å². The Kier molecular flexibility index (Phi) is 11.5. The van der Waals surface area contributed by atoms with Crippen molar-refractivity contribution in [3.05, 3.63) is 71.8 Å². The first kappa shape index (κ1) is 28.5. The second-order valence-corrected chi connectivity index (χ2v) is 7.27. The van der Waals surface area contributed by atoms with Gasteiger partial charge >= 0.3 is 23.9 Å². The van der Waals surface area contributed by atoms with Crippen molar-refractivity contribution < 1.29 is 47.6 Å². The molecule has 0 saturated carbocycles. The molecule has 0 aliphatic heterocycles. The molecule has 10 nitrogen and oxygen atoms in total. The summed E-state index contributed by atoms with van der Waals surface area (Å²) in [6.45, 7) is 2.88. The van der Waals surface area contributed by atoms with Crippen molar-refractivity contribution in [3.8, 4) is 0 Å². The number of hydrogen-bond donors (Lipinski definition) is 0. The van der Waals surface area contributed by atoms with E-state index in [-0.39, 0.29) is 13.2 Å². The van der Waals surface area contributed by atoms with Gasteiger partial charge in [0, 0.05) is 14.2 Å². The van der Waals surface area contributed by atoms with E-state index < -0.39 is 48.3 Å². The maximum atomic E-state index is 13.0. The van der Waals surface area contributed by atoms with Crippen LogP contribution in [0.4, 0.5) is 0 Å². The van der Waals surface area contributed by atoms with Crippen LogP contribution in [0.2, 0.25) is 0 Å². The van der Waals surface area contributed by atoms with Gasteiger partial charge in [0.15, 0.2) is 12.2 Å². The van der Waals surface area contributed by atoms with Crippen molar-refractivity contribution in [1.29, 1.82) is 0 Å². The molecule has 0 heterocycles. The second kappa shape index (κ2) is 14.6.